The normalized spacial score (nSPS) is 18.3. The van der Waals surface area contributed by atoms with Gasteiger partial charge in [-0.2, -0.15) is 5.10 Å². The summed E-state index contributed by atoms with van der Waals surface area (Å²) in [5.74, 6) is 0.206. The first-order valence-corrected chi connectivity index (χ1v) is 11.6. The summed E-state index contributed by atoms with van der Waals surface area (Å²) in [5, 5.41) is 7.08. The Bertz CT molecular complexity index is 1020. The summed E-state index contributed by atoms with van der Waals surface area (Å²) in [6.07, 6.45) is 3.98. The topological polar surface area (TPSA) is 90.9 Å². The van der Waals surface area contributed by atoms with Crippen molar-refractivity contribution in [2.45, 2.75) is 38.5 Å². The highest BCUT2D eigenvalue weighted by Gasteiger charge is 2.24. The quantitative estimate of drug-likeness (QED) is 0.683. The van der Waals surface area contributed by atoms with E-state index in [1.165, 1.54) is 0 Å². The summed E-state index contributed by atoms with van der Waals surface area (Å²) in [7, 11) is 0. The summed E-state index contributed by atoms with van der Waals surface area (Å²) < 4.78 is 0. The highest BCUT2D eigenvalue weighted by atomic mass is 16.2. The third-order valence-corrected chi connectivity index (χ3v) is 6.28. The molecule has 2 aromatic carbocycles. The average Bonchev–Trinajstić information content (AvgIpc) is 2.87. The third-order valence-electron chi connectivity index (χ3n) is 6.28. The van der Waals surface area contributed by atoms with Gasteiger partial charge in [0.1, 0.15) is 0 Å². The number of piperidine rings is 1. The number of likely N-dealkylation sites (tertiary alicyclic amines) is 1. The first-order valence-electron chi connectivity index (χ1n) is 11.6. The van der Waals surface area contributed by atoms with Gasteiger partial charge in [0.2, 0.25) is 11.8 Å². The standard InChI is InChI=1S/C26H30N4O3/c31-24-14-12-23(28-29-24)13-15-25(32)30-16-4-5-19(18-30)17-27-26(33)22-10-8-21(9-11-22)20-6-2-1-3-7-20/h1-3,6-11,19H,4-5,12-18H2,(H,27,33)(H,29,31)/t19-/m1/s1. The van der Waals surface area contributed by atoms with E-state index in [1.54, 1.807) is 0 Å². The maximum atomic E-state index is 12.7. The molecule has 172 valence electrons. The van der Waals surface area contributed by atoms with Crippen molar-refractivity contribution in [3.63, 3.8) is 0 Å². The summed E-state index contributed by atoms with van der Waals surface area (Å²) in [5.41, 5.74) is 6.19. The van der Waals surface area contributed by atoms with Gasteiger partial charge in [-0.1, -0.05) is 42.5 Å². The zero-order valence-electron chi connectivity index (χ0n) is 18.8. The predicted octanol–water partition coefficient (Wildman–Crippen LogP) is 3.37. The van der Waals surface area contributed by atoms with E-state index in [-0.39, 0.29) is 23.6 Å². The molecular formula is C26H30N4O3. The summed E-state index contributed by atoms with van der Waals surface area (Å²) >= 11 is 0. The Morgan fingerprint density at radius 3 is 2.52 bits per heavy atom. The van der Waals surface area contributed by atoms with E-state index < -0.39 is 0 Å². The lowest BCUT2D eigenvalue weighted by Crippen LogP contribution is -2.43. The molecule has 1 atom stereocenters. The molecule has 3 amide bonds. The third kappa shape index (κ3) is 6.28. The minimum atomic E-state index is -0.0876. The van der Waals surface area contributed by atoms with Gasteiger partial charge in [-0.15, -0.1) is 0 Å². The number of carbonyl (C=O) groups excluding carboxylic acids is 3. The minimum Gasteiger partial charge on any atom is -0.352 e. The maximum Gasteiger partial charge on any atom is 0.251 e. The van der Waals surface area contributed by atoms with E-state index in [0.29, 0.717) is 44.3 Å². The molecule has 0 spiro atoms. The van der Waals surface area contributed by atoms with E-state index in [1.807, 2.05) is 59.5 Å². The molecule has 0 aromatic heterocycles. The SMILES string of the molecule is O=C1CCC(CCC(=O)N2CCC[C@H](CNC(=O)c3ccc(-c4ccccc4)cc3)C2)=NN1. The van der Waals surface area contributed by atoms with E-state index in [2.05, 4.69) is 15.8 Å². The van der Waals surface area contributed by atoms with Crippen molar-refractivity contribution < 1.29 is 14.4 Å². The molecule has 0 aliphatic carbocycles. The Labute approximate surface area is 194 Å². The van der Waals surface area contributed by atoms with Crippen LogP contribution in [0.5, 0.6) is 0 Å². The molecule has 2 aliphatic heterocycles. The van der Waals surface area contributed by atoms with E-state index in [4.69, 9.17) is 0 Å². The van der Waals surface area contributed by atoms with E-state index in [0.717, 1.165) is 36.2 Å². The molecule has 0 unspecified atom stereocenters. The molecule has 0 radical (unpaired) electrons. The summed E-state index contributed by atoms with van der Waals surface area (Å²) in [6.45, 7) is 1.98. The van der Waals surface area contributed by atoms with E-state index >= 15 is 0 Å². The van der Waals surface area contributed by atoms with Crippen LogP contribution >= 0.6 is 0 Å². The molecule has 2 N–H and O–H groups in total. The number of amides is 3. The lowest BCUT2D eigenvalue weighted by molar-refractivity contribution is -0.132. The first kappa shape index (κ1) is 22.7. The molecule has 7 heteroatoms. The van der Waals surface area contributed by atoms with Gasteiger partial charge in [0.25, 0.3) is 5.91 Å². The number of nitrogens with zero attached hydrogens (tertiary/aromatic N) is 2. The summed E-state index contributed by atoms with van der Waals surface area (Å²) in [4.78, 5) is 38.4. The van der Waals surface area contributed by atoms with Gasteiger partial charge in [-0.3, -0.25) is 14.4 Å². The zero-order chi connectivity index (χ0) is 23.0. The van der Waals surface area contributed by atoms with Gasteiger partial charge in [0, 0.05) is 43.8 Å². The van der Waals surface area contributed by atoms with Crippen LogP contribution in [-0.4, -0.2) is 48.0 Å². The van der Waals surface area contributed by atoms with Crippen LogP contribution in [0.15, 0.2) is 59.7 Å². The van der Waals surface area contributed by atoms with Gasteiger partial charge in [0.05, 0.1) is 0 Å². The fraction of sp³-hybridized carbons (Fsp3) is 0.385. The zero-order valence-corrected chi connectivity index (χ0v) is 18.8. The molecule has 7 nitrogen and oxygen atoms in total. The Kier molecular flexibility index (Phi) is 7.50. The Balaban J connectivity index is 1.23. The molecule has 1 saturated heterocycles. The number of rotatable bonds is 7. The molecule has 0 bridgehead atoms. The first-order chi connectivity index (χ1) is 16.1. The van der Waals surface area contributed by atoms with Crippen molar-refractivity contribution in [1.29, 1.82) is 0 Å². The molecule has 1 fully saturated rings. The van der Waals surface area contributed by atoms with Crippen molar-refractivity contribution >= 4 is 23.4 Å². The number of benzene rings is 2. The van der Waals surface area contributed by atoms with Crippen molar-refractivity contribution in [1.82, 2.24) is 15.6 Å². The Morgan fingerprint density at radius 2 is 1.79 bits per heavy atom. The monoisotopic (exact) mass is 446 g/mol. The number of carbonyl (C=O) groups is 3. The highest BCUT2D eigenvalue weighted by molar-refractivity contribution is 5.95. The van der Waals surface area contributed by atoms with E-state index in [9.17, 15) is 14.4 Å². The lowest BCUT2D eigenvalue weighted by atomic mass is 9.97. The molecule has 33 heavy (non-hydrogen) atoms. The van der Waals surface area contributed by atoms with Gasteiger partial charge in [0.15, 0.2) is 0 Å². The van der Waals surface area contributed by atoms with Gasteiger partial charge < -0.3 is 10.2 Å². The number of hydrogen-bond donors (Lipinski definition) is 2. The lowest BCUT2D eigenvalue weighted by Gasteiger charge is -2.33. The van der Waals surface area contributed by atoms with Crippen molar-refractivity contribution in [3.8, 4) is 11.1 Å². The molecule has 2 heterocycles. The molecule has 2 aromatic rings. The largest absolute Gasteiger partial charge is 0.352 e. The number of hydrogen-bond acceptors (Lipinski definition) is 4. The van der Waals surface area contributed by atoms with Crippen molar-refractivity contribution in [3.05, 3.63) is 60.2 Å². The Hall–Kier alpha value is -3.48. The second-order valence-electron chi connectivity index (χ2n) is 8.71. The van der Waals surface area contributed by atoms with Crippen LogP contribution in [0.2, 0.25) is 0 Å². The molecule has 0 saturated carbocycles. The van der Waals surface area contributed by atoms with Crippen LogP contribution < -0.4 is 10.7 Å². The van der Waals surface area contributed by atoms with Crippen LogP contribution in [0.4, 0.5) is 0 Å². The fourth-order valence-corrected chi connectivity index (χ4v) is 4.34. The Morgan fingerprint density at radius 1 is 1.03 bits per heavy atom. The number of hydrazone groups is 1. The summed E-state index contributed by atoms with van der Waals surface area (Å²) in [6, 6.07) is 17.7. The highest BCUT2D eigenvalue weighted by Crippen LogP contribution is 2.20. The number of nitrogens with one attached hydrogen (secondary N) is 2. The van der Waals surface area contributed by atoms with Crippen LogP contribution in [0.1, 0.15) is 48.9 Å². The predicted molar refractivity (Wildman–Crippen MR) is 128 cm³/mol. The van der Waals surface area contributed by atoms with Crippen molar-refractivity contribution in [2.75, 3.05) is 19.6 Å². The average molecular weight is 447 g/mol. The second-order valence-corrected chi connectivity index (χ2v) is 8.71. The van der Waals surface area contributed by atoms with Crippen LogP contribution in [-0.2, 0) is 9.59 Å². The molecule has 2 aliphatic rings. The van der Waals surface area contributed by atoms with Crippen LogP contribution in [0, 0.1) is 5.92 Å². The molecule has 4 rings (SSSR count). The van der Waals surface area contributed by atoms with Gasteiger partial charge in [-0.05, 0) is 54.9 Å². The van der Waals surface area contributed by atoms with Gasteiger partial charge >= 0.3 is 0 Å². The second kappa shape index (κ2) is 10.9. The van der Waals surface area contributed by atoms with Crippen LogP contribution in [0.25, 0.3) is 11.1 Å². The minimum absolute atomic E-state index is 0.0712. The van der Waals surface area contributed by atoms with Gasteiger partial charge in [-0.25, -0.2) is 5.43 Å². The van der Waals surface area contributed by atoms with Crippen molar-refractivity contribution in [2.24, 2.45) is 11.0 Å². The fourth-order valence-electron chi connectivity index (χ4n) is 4.34. The smallest absolute Gasteiger partial charge is 0.251 e. The maximum absolute atomic E-state index is 12.7. The molecular weight excluding hydrogens is 416 g/mol. The van der Waals surface area contributed by atoms with Crippen LogP contribution in [0.3, 0.4) is 0 Å².